The van der Waals surface area contributed by atoms with Crippen LogP contribution in [-0.2, 0) is 9.53 Å². The summed E-state index contributed by atoms with van der Waals surface area (Å²) in [5, 5.41) is 1.04. The van der Waals surface area contributed by atoms with Gasteiger partial charge in [-0.3, -0.25) is 4.79 Å². The van der Waals surface area contributed by atoms with Crippen molar-refractivity contribution < 1.29 is 9.53 Å². The van der Waals surface area contributed by atoms with Gasteiger partial charge in [0, 0.05) is 29.0 Å². The number of halogens is 2. The quantitative estimate of drug-likeness (QED) is 0.599. The van der Waals surface area contributed by atoms with Crippen LogP contribution in [0.1, 0.15) is 25.0 Å². The van der Waals surface area contributed by atoms with E-state index in [4.69, 9.17) is 27.9 Å². The molecule has 0 amide bonds. The third-order valence-corrected chi connectivity index (χ3v) is 2.56. The molecule has 0 aromatic heterocycles. The summed E-state index contributed by atoms with van der Waals surface area (Å²) in [5.41, 5.74) is 0.737. The lowest BCUT2D eigenvalue weighted by atomic mass is 10.1. The maximum atomic E-state index is 11.0. The average Bonchev–Trinajstić information content (AvgIpc) is 2.16. The highest BCUT2D eigenvalue weighted by Crippen LogP contribution is 2.30. The third kappa shape index (κ3) is 3.54. The van der Waals surface area contributed by atoms with Gasteiger partial charge in [-0.15, -0.1) is 6.58 Å². The minimum atomic E-state index is -0.403. The normalized spacial score (nSPS) is 11.9. The van der Waals surface area contributed by atoms with E-state index >= 15 is 0 Å². The molecule has 1 atom stereocenters. The number of benzene rings is 1. The molecular weight excluding hydrogens is 247 g/mol. The summed E-state index contributed by atoms with van der Waals surface area (Å²) in [6.07, 6.45) is 1.79. The Morgan fingerprint density at radius 2 is 2.25 bits per heavy atom. The van der Waals surface area contributed by atoms with Gasteiger partial charge < -0.3 is 4.74 Å². The van der Waals surface area contributed by atoms with Crippen molar-refractivity contribution in [3.05, 3.63) is 46.5 Å². The van der Waals surface area contributed by atoms with E-state index in [1.165, 1.54) is 6.92 Å². The third-order valence-electron chi connectivity index (χ3n) is 2.00. The molecule has 0 saturated carbocycles. The molecule has 0 aliphatic heterocycles. The Kier molecular flexibility index (Phi) is 4.84. The van der Waals surface area contributed by atoms with E-state index in [0.717, 1.165) is 5.56 Å². The molecule has 16 heavy (non-hydrogen) atoms. The Bertz CT molecular complexity index is 402. The van der Waals surface area contributed by atoms with Crippen molar-refractivity contribution in [3.8, 4) is 0 Å². The molecule has 0 radical (unpaired) electrons. The smallest absolute Gasteiger partial charge is 0.303 e. The molecule has 0 bridgehead atoms. The van der Waals surface area contributed by atoms with Gasteiger partial charge in [0.2, 0.25) is 0 Å². The second-order valence-corrected chi connectivity index (χ2v) is 4.13. The zero-order valence-electron chi connectivity index (χ0n) is 8.87. The second-order valence-electron chi connectivity index (χ2n) is 3.29. The number of rotatable bonds is 4. The molecule has 0 aliphatic carbocycles. The molecule has 0 heterocycles. The highest BCUT2D eigenvalue weighted by Gasteiger charge is 2.16. The van der Waals surface area contributed by atoms with Crippen molar-refractivity contribution in [1.29, 1.82) is 0 Å². The van der Waals surface area contributed by atoms with Gasteiger partial charge in [-0.25, -0.2) is 0 Å². The van der Waals surface area contributed by atoms with Crippen LogP contribution in [0.25, 0.3) is 0 Å². The van der Waals surface area contributed by atoms with Crippen LogP contribution < -0.4 is 0 Å². The zero-order chi connectivity index (χ0) is 12.1. The number of hydrogen-bond acceptors (Lipinski definition) is 2. The molecule has 0 spiro atoms. The van der Waals surface area contributed by atoms with Crippen molar-refractivity contribution >= 4 is 29.2 Å². The fraction of sp³-hybridized carbons (Fsp3) is 0.250. The molecule has 0 saturated heterocycles. The van der Waals surface area contributed by atoms with Crippen molar-refractivity contribution in [2.24, 2.45) is 0 Å². The van der Waals surface area contributed by atoms with Gasteiger partial charge in [0.1, 0.15) is 6.10 Å². The SMILES string of the molecule is C=CC[C@@H](OC(C)=O)c1ccc(Cl)cc1Cl. The molecule has 4 heteroatoms. The molecule has 86 valence electrons. The molecule has 1 aromatic carbocycles. The second kappa shape index (κ2) is 5.92. The summed E-state index contributed by atoms with van der Waals surface area (Å²) in [6.45, 7) is 4.98. The Morgan fingerprint density at radius 1 is 1.56 bits per heavy atom. The number of carbonyl (C=O) groups excluding carboxylic acids is 1. The van der Waals surface area contributed by atoms with E-state index in [1.807, 2.05) is 0 Å². The van der Waals surface area contributed by atoms with E-state index in [0.29, 0.717) is 16.5 Å². The Balaban J connectivity index is 3.00. The standard InChI is InChI=1S/C12H12Cl2O2/c1-3-4-12(16-8(2)15)10-6-5-9(13)7-11(10)14/h3,5-7,12H,1,4H2,2H3/t12-/m1/s1. The molecule has 1 rings (SSSR count). The highest BCUT2D eigenvalue weighted by atomic mass is 35.5. The highest BCUT2D eigenvalue weighted by molar-refractivity contribution is 6.35. The largest absolute Gasteiger partial charge is 0.457 e. The minimum Gasteiger partial charge on any atom is -0.457 e. The van der Waals surface area contributed by atoms with Crippen molar-refractivity contribution in [2.75, 3.05) is 0 Å². The van der Waals surface area contributed by atoms with Crippen LogP contribution in [0.4, 0.5) is 0 Å². The van der Waals surface area contributed by atoms with Gasteiger partial charge >= 0.3 is 5.97 Å². The molecule has 0 N–H and O–H groups in total. The minimum absolute atomic E-state index is 0.349. The van der Waals surface area contributed by atoms with Gasteiger partial charge in [0.15, 0.2) is 0 Å². The molecule has 1 aromatic rings. The van der Waals surface area contributed by atoms with E-state index < -0.39 is 6.10 Å². The van der Waals surface area contributed by atoms with Crippen LogP contribution in [0.15, 0.2) is 30.9 Å². The van der Waals surface area contributed by atoms with Gasteiger partial charge in [-0.05, 0) is 12.1 Å². The summed E-state index contributed by atoms with van der Waals surface area (Å²) in [6, 6.07) is 5.09. The lowest BCUT2D eigenvalue weighted by molar-refractivity contribution is -0.146. The first-order chi connectivity index (χ1) is 7.54. The van der Waals surface area contributed by atoms with Crippen LogP contribution in [-0.4, -0.2) is 5.97 Å². The first kappa shape index (κ1) is 13.1. The molecule has 0 aliphatic rings. The fourth-order valence-corrected chi connectivity index (χ4v) is 1.88. The summed E-state index contributed by atoms with van der Waals surface area (Å²) in [4.78, 5) is 11.0. The fourth-order valence-electron chi connectivity index (χ4n) is 1.35. The van der Waals surface area contributed by atoms with Crippen LogP contribution >= 0.6 is 23.2 Å². The average molecular weight is 259 g/mol. The molecular formula is C12H12Cl2O2. The van der Waals surface area contributed by atoms with Gasteiger partial charge in [0.05, 0.1) is 0 Å². The summed E-state index contributed by atoms with van der Waals surface area (Å²) in [7, 11) is 0. The van der Waals surface area contributed by atoms with Gasteiger partial charge in [0.25, 0.3) is 0 Å². The summed E-state index contributed by atoms with van der Waals surface area (Å²) < 4.78 is 5.16. The summed E-state index contributed by atoms with van der Waals surface area (Å²) in [5.74, 6) is -0.349. The molecule has 2 nitrogen and oxygen atoms in total. The van der Waals surface area contributed by atoms with Crippen LogP contribution in [0.2, 0.25) is 10.0 Å². The maximum Gasteiger partial charge on any atom is 0.303 e. The molecule has 0 unspecified atom stereocenters. The van der Waals surface area contributed by atoms with Crippen molar-refractivity contribution in [3.63, 3.8) is 0 Å². The number of esters is 1. The topological polar surface area (TPSA) is 26.3 Å². The predicted molar refractivity (Wildman–Crippen MR) is 65.8 cm³/mol. The first-order valence-electron chi connectivity index (χ1n) is 4.77. The lowest BCUT2D eigenvalue weighted by Gasteiger charge is -2.17. The van der Waals surface area contributed by atoms with Crippen molar-refractivity contribution in [1.82, 2.24) is 0 Å². The van der Waals surface area contributed by atoms with Gasteiger partial charge in [-0.2, -0.15) is 0 Å². The van der Waals surface area contributed by atoms with Crippen molar-refractivity contribution in [2.45, 2.75) is 19.4 Å². The van der Waals surface area contributed by atoms with E-state index in [-0.39, 0.29) is 5.97 Å². The summed E-state index contributed by atoms with van der Waals surface area (Å²) >= 11 is 11.8. The van der Waals surface area contributed by atoms with Crippen LogP contribution in [0.5, 0.6) is 0 Å². The van der Waals surface area contributed by atoms with Gasteiger partial charge in [-0.1, -0.05) is 35.3 Å². The molecule has 0 fully saturated rings. The van der Waals surface area contributed by atoms with Crippen LogP contribution in [0.3, 0.4) is 0 Å². The van der Waals surface area contributed by atoms with Crippen LogP contribution in [0, 0.1) is 0 Å². The van der Waals surface area contributed by atoms with E-state index in [2.05, 4.69) is 6.58 Å². The zero-order valence-corrected chi connectivity index (χ0v) is 10.4. The van der Waals surface area contributed by atoms with E-state index in [9.17, 15) is 4.79 Å². The Morgan fingerprint density at radius 3 is 2.75 bits per heavy atom. The first-order valence-corrected chi connectivity index (χ1v) is 5.53. The number of carbonyl (C=O) groups is 1. The number of ether oxygens (including phenoxy) is 1. The van der Waals surface area contributed by atoms with E-state index in [1.54, 1.807) is 24.3 Å². The lowest BCUT2D eigenvalue weighted by Crippen LogP contribution is -2.08. The Labute approximate surface area is 105 Å². The Hall–Kier alpha value is -0.990. The number of hydrogen-bond donors (Lipinski definition) is 0. The monoisotopic (exact) mass is 258 g/mol. The maximum absolute atomic E-state index is 11.0. The predicted octanol–water partition coefficient (Wildman–Crippen LogP) is 4.17.